The summed E-state index contributed by atoms with van der Waals surface area (Å²) in [6, 6.07) is 5.12. The molecule has 0 aliphatic carbocycles. The standard InChI is InChI=1S/C16H20N4O2S2/c1-20-16(22)13-10-11(6-7-14(13)18-19-20)17-15(21)5-3-2-4-12-8-9-23-24-12/h6-7,10,12H,2-5,8-9H2,1H3,(H,17,21)/t12-/m1/s1. The molecule has 1 aromatic heterocycles. The van der Waals surface area contributed by atoms with Crippen molar-refractivity contribution in [3.05, 3.63) is 28.6 Å². The van der Waals surface area contributed by atoms with Crippen molar-refractivity contribution < 1.29 is 4.79 Å². The van der Waals surface area contributed by atoms with Gasteiger partial charge in [-0.3, -0.25) is 9.59 Å². The van der Waals surface area contributed by atoms with Crippen LogP contribution in [-0.2, 0) is 11.8 Å². The molecule has 6 nitrogen and oxygen atoms in total. The summed E-state index contributed by atoms with van der Waals surface area (Å²) in [5.74, 6) is 1.24. The van der Waals surface area contributed by atoms with Crippen molar-refractivity contribution in [1.82, 2.24) is 15.0 Å². The third-order valence-electron chi connectivity index (χ3n) is 4.00. The number of unbranched alkanes of at least 4 members (excludes halogenated alkanes) is 1. The van der Waals surface area contributed by atoms with Crippen molar-refractivity contribution in [2.24, 2.45) is 7.05 Å². The molecule has 128 valence electrons. The number of benzene rings is 1. The van der Waals surface area contributed by atoms with Gasteiger partial charge in [-0.15, -0.1) is 5.10 Å². The molecule has 0 bridgehead atoms. The fourth-order valence-corrected chi connectivity index (χ4v) is 5.68. The minimum atomic E-state index is -0.219. The summed E-state index contributed by atoms with van der Waals surface area (Å²) in [6.45, 7) is 0. The van der Waals surface area contributed by atoms with Gasteiger partial charge in [0.15, 0.2) is 0 Å². The summed E-state index contributed by atoms with van der Waals surface area (Å²) in [6.07, 6.45) is 4.97. The van der Waals surface area contributed by atoms with E-state index < -0.39 is 0 Å². The molecular weight excluding hydrogens is 344 g/mol. The maximum Gasteiger partial charge on any atom is 0.277 e. The van der Waals surface area contributed by atoms with Crippen molar-refractivity contribution in [2.45, 2.75) is 37.4 Å². The predicted molar refractivity (Wildman–Crippen MR) is 100 cm³/mol. The first-order valence-corrected chi connectivity index (χ1v) is 10.4. The van der Waals surface area contributed by atoms with Crippen LogP contribution in [0, 0.1) is 0 Å². The number of fused-ring (bicyclic) bond motifs is 1. The molecule has 2 heterocycles. The van der Waals surface area contributed by atoms with E-state index >= 15 is 0 Å². The molecule has 2 aromatic rings. The third-order valence-corrected chi connectivity index (χ3v) is 7.01. The zero-order chi connectivity index (χ0) is 16.9. The number of amides is 1. The monoisotopic (exact) mass is 364 g/mol. The second-order valence-electron chi connectivity index (χ2n) is 5.87. The van der Waals surface area contributed by atoms with E-state index in [0.717, 1.165) is 18.1 Å². The fraction of sp³-hybridized carbons (Fsp3) is 0.500. The van der Waals surface area contributed by atoms with Gasteiger partial charge in [0.05, 0.1) is 5.39 Å². The van der Waals surface area contributed by atoms with Gasteiger partial charge in [0.1, 0.15) is 5.52 Å². The molecule has 1 aliphatic heterocycles. The fourth-order valence-electron chi connectivity index (χ4n) is 2.65. The van der Waals surface area contributed by atoms with Crippen LogP contribution in [0.4, 0.5) is 5.69 Å². The van der Waals surface area contributed by atoms with Crippen LogP contribution in [0.1, 0.15) is 32.1 Å². The number of aryl methyl sites for hydroxylation is 1. The lowest BCUT2D eigenvalue weighted by Crippen LogP contribution is -2.21. The number of aromatic nitrogens is 3. The summed E-state index contributed by atoms with van der Waals surface area (Å²) in [4.78, 5) is 24.1. The smallest absolute Gasteiger partial charge is 0.277 e. The molecule has 0 spiro atoms. The number of hydrogen-bond donors (Lipinski definition) is 1. The van der Waals surface area contributed by atoms with Crippen LogP contribution < -0.4 is 10.9 Å². The molecule has 1 fully saturated rings. The van der Waals surface area contributed by atoms with E-state index in [1.54, 1.807) is 25.2 Å². The number of anilines is 1. The Morgan fingerprint density at radius 2 is 2.29 bits per heavy atom. The predicted octanol–water partition coefficient (Wildman–Crippen LogP) is 2.98. The third kappa shape index (κ3) is 4.30. The molecule has 1 aromatic carbocycles. The Morgan fingerprint density at radius 3 is 3.08 bits per heavy atom. The van der Waals surface area contributed by atoms with Crippen LogP contribution in [0.5, 0.6) is 0 Å². The summed E-state index contributed by atoms with van der Waals surface area (Å²) >= 11 is 0. The maximum atomic E-state index is 12.1. The molecule has 8 heteroatoms. The lowest BCUT2D eigenvalue weighted by Gasteiger charge is -2.08. The Labute approximate surface area is 148 Å². The lowest BCUT2D eigenvalue weighted by molar-refractivity contribution is -0.116. The molecule has 0 unspecified atom stereocenters. The zero-order valence-corrected chi connectivity index (χ0v) is 15.2. The van der Waals surface area contributed by atoms with Gasteiger partial charge >= 0.3 is 0 Å². The van der Waals surface area contributed by atoms with Gasteiger partial charge in [-0.2, -0.15) is 0 Å². The van der Waals surface area contributed by atoms with Gasteiger partial charge in [-0.1, -0.05) is 33.2 Å². The van der Waals surface area contributed by atoms with Gasteiger partial charge in [-0.25, -0.2) is 4.68 Å². The highest BCUT2D eigenvalue weighted by atomic mass is 33.1. The molecule has 1 saturated heterocycles. The van der Waals surface area contributed by atoms with Crippen LogP contribution in [0.2, 0.25) is 0 Å². The molecule has 1 amide bonds. The van der Waals surface area contributed by atoms with E-state index in [9.17, 15) is 9.59 Å². The van der Waals surface area contributed by atoms with Gasteiger partial charge in [-0.05, 0) is 37.5 Å². The molecule has 3 rings (SSSR count). The molecule has 0 radical (unpaired) electrons. The van der Waals surface area contributed by atoms with Gasteiger partial charge < -0.3 is 5.32 Å². The van der Waals surface area contributed by atoms with E-state index in [2.05, 4.69) is 15.6 Å². The quantitative estimate of drug-likeness (QED) is 0.627. The lowest BCUT2D eigenvalue weighted by atomic mass is 10.1. The molecule has 1 aliphatic rings. The Kier molecular flexibility index (Phi) is 5.78. The van der Waals surface area contributed by atoms with E-state index in [1.807, 2.05) is 21.6 Å². The van der Waals surface area contributed by atoms with Crippen LogP contribution in [-0.4, -0.2) is 31.9 Å². The average Bonchev–Trinajstić information content (AvgIpc) is 3.09. The summed E-state index contributed by atoms with van der Waals surface area (Å²) in [7, 11) is 5.49. The summed E-state index contributed by atoms with van der Waals surface area (Å²) < 4.78 is 1.19. The first kappa shape index (κ1) is 17.3. The van der Waals surface area contributed by atoms with Crippen molar-refractivity contribution in [3.8, 4) is 0 Å². The normalized spacial score (nSPS) is 17.3. The molecule has 1 atom stereocenters. The Morgan fingerprint density at radius 1 is 1.42 bits per heavy atom. The van der Waals surface area contributed by atoms with Crippen molar-refractivity contribution >= 4 is 44.1 Å². The van der Waals surface area contributed by atoms with Crippen molar-refractivity contribution in [1.29, 1.82) is 0 Å². The van der Waals surface area contributed by atoms with Crippen LogP contribution >= 0.6 is 21.6 Å². The molecule has 0 saturated carbocycles. The second kappa shape index (κ2) is 8.02. The Balaban J connectivity index is 1.53. The average molecular weight is 364 g/mol. The van der Waals surface area contributed by atoms with Crippen molar-refractivity contribution in [2.75, 3.05) is 11.1 Å². The van der Waals surface area contributed by atoms with Crippen LogP contribution in [0.15, 0.2) is 23.0 Å². The highest BCUT2D eigenvalue weighted by Crippen LogP contribution is 2.39. The largest absolute Gasteiger partial charge is 0.326 e. The Hall–Kier alpha value is -1.54. The van der Waals surface area contributed by atoms with Gasteiger partial charge in [0.25, 0.3) is 5.56 Å². The number of rotatable bonds is 6. The van der Waals surface area contributed by atoms with Crippen LogP contribution in [0.3, 0.4) is 0 Å². The van der Waals surface area contributed by atoms with E-state index in [-0.39, 0.29) is 11.5 Å². The topological polar surface area (TPSA) is 76.9 Å². The highest BCUT2D eigenvalue weighted by molar-refractivity contribution is 8.77. The number of nitrogens with one attached hydrogen (secondary N) is 1. The van der Waals surface area contributed by atoms with Crippen LogP contribution in [0.25, 0.3) is 10.9 Å². The second-order valence-corrected chi connectivity index (χ2v) is 8.66. The zero-order valence-electron chi connectivity index (χ0n) is 13.5. The van der Waals surface area contributed by atoms with Gasteiger partial charge in [0.2, 0.25) is 5.91 Å². The first-order chi connectivity index (χ1) is 11.6. The number of carbonyl (C=O) groups is 1. The number of hydrogen-bond acceptors (Lipinski definition) is 6. The summed E-state index contributed by atoms with van der Waals surface area (Å²) in [5.41, 5.74) is 0.936. The van der Waals surface area contributed by atoms with E-state index in [0.29, 0.717) is 23.0 Å². The Bertz CT molecular complexity index is 787. The SMILES string of the molecule is Cn1nnc2ccc(NC(=O)CCCC[C@@H]3CCSS3)cc2c1=O. The number of nitrogens with zero attached hydrogens (tertiary/aromatic N) is 3. The van der Waals surface area contributed by atoms with Crippen molar-refractivity contribution in [3.63, 3.8) is 0 Å². The minimum absolute atomic E-state index is 0.0124. The highest BCUT2D eigenvalue weighted by Gasteiger charge is 2.16. The minimum Gasteiger partial charge on any atom is -0.326 e. The van der Waals surface area contributed by atoms with E-state index in [1.165, 1.54) is 23.3 Å². The maximum absolute atomic E-state index is 12.1. The van der Waals surface area contributed by atoms with Gasteiger partial charge in [0, 0.05) is 30.2 Å². The first-order valence-electron chi connectivity index (χ1n) is 8.05. The molecular formula is C16H20N4O2S2. The summed E-state index contributed by atoms with van der Waals surface area (Å²) in [5, 5.41) is 11.8. The number of carbonyl (C=O) groups excluding carboxylic acids is 1. The van der Waals surface area contributed by atoms with E-state index in [4.69, 9.17) is 0 Å². The molecule has 1 N–H and O–H groups in total. The molecule has 24 heavy (non-hydrogen) atoms.